The minimum absolute atomic E-state index is 0.0117. The van der Waals surface area contributed by atoms with Crippen molar-refractivity contribution in [3.05, 3.63) is 35.9 Å². The molecule has 0 saturated heterocycles. The van der Waals surface area contributed by atoms with E-state index in [1.54, 1.807) is 52.0 Å². The fraction of sp³-hybridized carbons (Fsp3) is 0.565. The SMILES string of the molecule is COC(=O)[C@@H](C[C@@H](C)NC(=O)OC(C)(C)C)C[C@H](NC(=O)OCc1ccccc1)C(=O)OC. The van der Waals surface area contributed by atoms with Crippen LogP contribution in [0.4, 0.5) is 9.59 Å². The van der Waals surface area contributed by atoms with Gasteiger partial charge >= 0.3 is 24.1 Å². The first-order valence-corrected chi connectivity index (χ1v) is 10.6. The number of rotatable bonds is 10. The second-order valence-corrected chi connectivity index (χ2v) is 8.52. The maximum absolute atomic E-state index is 12.3. The van der Waals surface area contributed by atoms with E-state index in [0.29, 0.717) is 0 Å². The topological polar surface area (TPSA) is 129 Å². The van der Waals surface area contributed by atoms with Gasteiger partial charge in [-0.15, -0.1) is 0 Å². The molecule has 2 amide bonds. The van der Waals surface area contributed by atoms with Gasteiger partial charge in [0.25, 0.3) is 0 Å². The zero-order valence-electron chi connectivity index (χ0n) is 20.0. The molecule has 10 heteroatoms. The Morgan fingerprint density at radius 3 is 2.03 bits per heavy atom. The van der Waals surface area contributed by atoms with Gasteiger partial charge in [-0.3, -0.25) is 4.79 Å². The summed E-state index contributed by atoms with van der Waals surface area (Å²) in [5.41, 5.74) is 0.0997. The Morgan fingerprint density at radius 2 is 1.48 bits per heavy atom. The third kappa shape index (κ3) is 11.2. The standard InChI is InChI=1S/C23H34N2O8/c1-15(24-22(29)33-23(2,3)4)12-17(19(26)30-5)13-18(20(27)31-6)25-21(28)32-14-16-10-8-7-9-11-16/h7-11,15,17-18H,12-14H2,1-6H3,(H,24,29)(H,25,28)/t15-,17+,18+/m1/s1. The second-order valence-electron chi connectivity index (χ2n) is 8.52. The van der Waals surface area contributed by atoms with Crippen LogP contribution in [0.3, 0.4) is 0 Å². The Hall–Kier alpha value is -3.30. The van der Waals surface area contributed by atoms with Crippen molar-refractivity contribution in [3.8, 4) is 0 Å². The van der Waals surface area contributed by atoms with Gasteiger partial charge in [0.2, 0.25) is 0 Å². The largest absolute Gasteiger partial charge is 0.469 e. The molecule has 0 heterocycles. The van der Waals surface area contributed by atoms with Crippen molar-refractivity contribution >= 4 is 24.1 Å². The molecule has 0 aliphatic rings. The Kier molecular flexibility index (Phi) is 11.2. The van der Waals surface area contributed by atoms with Crippen LogP contribution in [0, 0.1) is 5.92 Å². The van der Waals surface area contributed by atoms with Crippen LogP contribution >= 0.6 is 0 Å². The van der Waals surface area contributed by atoms with Crippen molar-refractivity contribution in [2.24, 2.45) is 5.92 Å². The molecule has 0 aliphatic carbocycles. The van der Waals surface area contributed by atoms with Crippen LogP contribution in [0.25, 0.3) is 0 Å². The molecular weight excluding hydrogens is 432 g/mol. The monoisotopic (exact) mass is 466 g/mol. The number of benzene rings is 1. The van der Waals surface area contributed by atoms with Crippen LogP contribution in [0.5, 0.6) is 0 Å². The van der Waals surface area contributed by atoms with E-state index in [-0.39, 0.29) is 19.4 Å². The molecule has 0 aromatic heterocycles. The summed E-state index contributed by atoms with van der Waals surface area (Å²) in [6.45, 7) is 6.90. The van der Waals surface area contributed by atoms with Crippen LogP contribution in [0.1, 0.15) is 46.1 Å². The number of carbonyl (C=O) groups is 4. The lowest BCUT2D eigenvalue weighted by Crippen LogP contribution is -2.45. The Balaban J connectivity index is 2.78. The molecular formula is C23H34N2O8. The van der Waals surface area contributed by atoms with Crippen molar-refractivity contribution in [2.45, 2.75) is 64.8 Å². The average Bonchev–Trinajstić information content (AvgIpc) is 2.74. The maximum Gasteiger partial charge on any atom is 0.408 e. The van der Waals surface area contributed by atoms with E-state index in [1.807, 2.05) is 6.07 Å². The van der Waals surface area contributed by atoms with Gasteiger partial charge in [0, 0.05) is 6.04 Å². The van der Waals surface area contributed by atoms with Gasteiger partial charge in [0.1, 0.15) is 18.2 Å². The molecule has 3 atom stereocenters. The van der Waals surface area contributed by atoms with Crippen LogP contribution in [0.2, 0.25) is 0 Å². The molecule has 1 aromatic carbocycles. The zero-order valence-corrected chi connectivity index (χ0v) is 20.0. The smallest absolute Gasteiger partial charge is 0.408 e. The van der Waals surface area contributed by atoms with E-state index < -0.39 is 47.7 Å². The molecule has 0 spiro atoms. The summed E-state index contributed by atoms with van der Waals surface area (Å²) >= 11 is 0. The van der Waals surface area contributed by atoms with E-state index in [2.05, 4.69) is 10.6 Å². The van der Waals surface area contributed by atoms with Gasteiger partial charge in [-0.25, -0.2) is 14.4 Å². The molecule has 184 valence electrons. The third-order valence-corrected chi connectivity index (χ3v) is 4.45. The van der Waals surface area contributed by atoms with Gasteiger partial charge in [-0.05, 0) is 46.1 Å². The number of amides is 2. The molecule has 10 nitrogen and oxygen atoms in total. The van der Waals surface area contributed by atoms with E-state index in [9.17, 15) is 19.2 Å². The van der Waals surface area contributed by atoms with Crippen molar-refractivity contribution in [1.82, 2.24) is 10.6 Å². The van der Waals surface area contributed by atoms with Gasteiger partial charge < -0.3 is 29.6 Å². The predicted octanol–water partition coefficient (Wildman–Crippen LogP) is 2.94. The first kappa shape index (κ1) is 27.7. The minimum atomic E-state index is -1.16. The van der Waals surface area contributed by atoms with Gasteiger partial charge in [0.15, 0.2) is 0 Å². The van der Waals surface area contributed by atoms with Gasteiger partial charge in [0.05, 0.1) is 20.1 Å². The predicted molar refractivity (Wildman–Crippen MR) is 119 cm³/mol. The number of hydrogen-bond donors (Lipinski definition) is 2. The number of nitrogens with one attached hydrogen (secondary N) is 2. The molecule has 0 aliphatic heterocycles. The fourth-order valence-corrected chi connectivity index (χ4v) is 3.00. The van der Waals surface area contributed by atoms with Crippen molar-refractivity contribution in [3.63, 3.8) is 0 Å². The highest BCUT2D eigenvalue weighted by Crippen LogP contribution is 2.18. The van der Waals surface area contributed by atoms with E-state index in [1.165, 1.54) is 14.2 Å². The van der Waals surface area contributed by atoms with E-state index in [4.69, 9.17) is 18.9 Å². The Bertz CT molecular complexity index is 791. The quantitative estimate of drug-likeness (QED) is 0.398. The summed E-state index contributed by atoms with van der Waals surface area (Å²) in [7, 11) is 2.39. The molecule has 0 unspecified atom stereocenters. The highest BCUT2D eigenvalue weighted by Gasteiger charge is 2.32. The number of ether oxygens (including phenoxy) is 4. The van der Waals surface area contributed by atoms with Crippen LogP contribution in [0.15, 0.2) is 30.3 Å². The Labute approximate surface area is 194 Å². The number of methoxy groups -OCH3 is 2. The summed E-state index contributed by atoms with van der Waals surface area (Å²) in [4.78, 5) is 48.8. The van der Waals surface area contributed by atoms with Crippen LogP contribution in [-0.2, 0) is 35.1 Å². The average molecular weight is 467 g/mol. The maximum atomic E-state index is 12.3. The number of carbonyl (C=O) groups excluding carboxylic acids is 4. The summed E-state index contributed by atoms with van der Waals surface area (Å²) in [6.07, 6.45) is -1.44. The lowest BCUT2D eigenvalue weighted by atomic mass is 9.93. The summed E-state index contributed by atoms with van der Waals surface area (Å²) < 4.78 is 20.0. The van der Waals surface area contributed by atoms with Crippen molar-refractivity contribution in [2.75, 3.05) is 14.2 Å². The van der Waals surface area contributed by atoms with Crippen molar-refractivity contribution < 1.29 is 38.1 Å². The molecule has 1 aromatic rings. The molecule has 0 fully saturated rings. The number of esters is 2. The first-order chi connectivity index (χ1) is 15.4. The molecule has 0 bridgehead atoms. The highest BCUT2D eigenvalue weighted by molar-refractivity contribution is 5.82. The van der Waals surface area contributed by atoms with Crippen LogP contribution in [-0.4, -0.2) is 56.0 Å². The fourth-order valence-electron chi connectivity index (χ4n) is 3.00. The van der Waals surface area contributed by atoms with Gasteiger partial charge in [-0.2, -0.15) is 0 Å². The summed E-state index contributed by atoms with van der Waals surface area (Å²) in [5.74, 6) is -2.16. The first-order valence-electron chi connectivity index (χ1n) is 10.6. The summed E-state index contributed by atoms with van der Waals surface area (Å²) in [5, 5.41) is 5.08. The highest BCUT2D eigenvalue weighted by atomic mass is 16.6. The van der Waals surface area contributed by atoms with E-state index in [0.717, 1.165) is 5.56 Å². The second kappa shape index (κ2) is 13.3. The van der Waals surface area contributed by atoms with Gasteiger partial charge in [-0.1, -0.05) is 30.3 Å². The molecule has 0 radical (unpaired) electrons. The molecule has 33 heavy (non-hydrogen) atoms. The third-order valence-electron chi connectivity index (χ3n) is 4.45. The zero-order chi connectivity index (χ0) is 25.0. The Morgan fingerprint density at radius 1 is 0.879 bits per heavy atom. The molecule has 2 N–H and O–H groups in total. The molecule has 1 rings (SSSR count). The molecule has 0 saturated carbocycles. The number of alkyl carbamates (subject to hydrolysis) is 2. The van der Waals surface area contributed by atoms with E-state index >= 15 is 0 Å². The lowest BCUT2D eigenvalue weighted by molar-refractivity contribution is -0.148. The van der Waals surface area contributed by atoms with Crippen LogP contribution < -0.4 is 10.6 Å². The lowest BCUT2D eigenvalue weighted by Gasteiger charge is -2.25. The normalized spacial score (nSPS) is 13.6. The van der Waals surface area contributed by atoms with Crippen molar-refractivity contribution in [1.29, 1.82) is 0 Å². The number of hydrogen-bond acceptors (Lipinski definition) is 8. The minimum Gasteiger partial charge on any atom is -0.469 e. The summed E-state index contributed by atoms with van der Waals surface area (Å²) in [6, 6.07) is 7.39.